The lowest BCUT2D eigenvalue weighted by molar-refractivity contribution is 1.07. The van der Waals surface area contributed by atoms with Gasteiger partial charge in [-0.05, 0) is 48.1 Å². The molecule has 7 heteroatoms. The van der Waals surface area contributed by atoms with Crippen molar-refractivity contribution in [2.75, 3.05) is 0 Å². The molecule has 0 aliphatic carbocycles. The van der Waals surface area contributed by atoms with Crippen LogP contribution in [-0.2, 0) is 0 Å². The molecule has 1 N–H and O–H groups in total. The van der Waals surface area contributed by atoms with Crippen LogP contribution in [0, 0.1) is 3.95 Å². The molecule has 2 aromatic carbocycles. The maximum absolute atomic E-state index is 6.10. The van der Waals surface area contributed by atoms with Crippen molar-refractivity contribution in [1.29, 1.82) is 0 Å². The van der Waals surface area contributed by atoms with Gasteiger partial charge in [-0.2, -0.15) is 0 Å². The van der Waals surface area contributed by atoms with E-state index in [9.17, 15) is 0 Å². The maximum atomic E-state index is 6.10. The minimum atomic E-state index is 0.565. The number of H-pyrrole nitrogens is 1. The number of rotatable bonds is 4. The largest absolute Gasteiger partial charge is 0.256 e. The van der Waals surface area contributed by atoms with Crippen LogP contribution in [0.2, 0.25) is 10.0 Å². The standard InChI is InChI=1S/C17H11Cl2N3S2/c18-13-7-4-11(5-8-13)6-9-15(12-2-1-3-14(19)10-12)20-16-21-22-17(23)24-16/h1-10H,(H,22,23)/b9-6+,20-15+. The molecule has 0 saturated heterocycles. The maximum Gasteiger partial charge on any atom is 0.230 e. The molecule has 0 aliphatic heterocycles. The summed E-state index contributed by atoms with van der Waals surface area (Å²) in [6.07, 6.45) is 3.88. The fourth-order valence-corrected chi connectivity index (χ4v) is 3.05. The van der Waals surface area contributed by atoms with Gasteiger partial charge in [-0.1, -0.05) is 64.9 Å². The average Bonchev–Trinajstić information content (AvgIpc) is 2.98. The third kappa shape index (κ3) is 4.61. The molecule has 0 fully saturated rings. The first-order valence-corrected chi connectivity index (χ1v) is 8.92. The number of aromatic amines is 1. The highest BCUT2D eigenvalue weighted by atomic mass is 35.5. The Hall–Kier alpha value is -1.79. The minimum absolute atomic E-state index is 0.565. The van der Waals surface area contributed by atoms with E-state index in [1.54, 1.807) is 0 Å². The lowest BCUT2D eigenvalue weighted by Crippen LogP contribution is -1.96. The van der Waals surface area contributed by atoms with E-state index in [2.05, 4.69) is 15.2 Å². The van der Waals surface area contributed by atoms with E-state index in [-0.39, 0.29) is 0 Å². The second-order valence-electron chi connectivity index (χ2n) is 4.79. The SMILES string of the molecule is S=c1[nH]nc(/N=C(\C=C\c2ccc(Cl)cc2)c2cccc(Cl)c2)s1. The molecule has 0 saturated carbocycles. The number of halogens is 2. The van der Waals surface area contributed by atoms with E-state index in [1.807, 2.05) is 60.7 Å². The van der Waals surface area contributed by atoms with Crippen molar-refractivity contribution in [2.45, 2.75) is 0 Å². The van der Waals surface area contributed by atoms with Crippen molar-refractivity contribution < 1.29 is 0 Å². The number of allylic oxidation sites excluding steroid dienone is 1. The van der Waals surface area contributed by atoms with Gasteiger partial charge in [0.15, 0.2) is 3.95 Å². The predicted octanol–water partition coefficient (Wildman–Crippen LogP) is 6.34. The van der Waals surface area contributed by atoms with Gasteiger partial charge in [0.25, 0.3) is 0 Å². The van der Waals surface area contributed by atoms with Crippen LogP contribution in [-0.4, -0.2) is 15.9 Å². The first-order valence-electron chi connectivity index (χ1n) is 6.94. The zero-order chi connectivity index (χ0) is 16.9. The van der Waals surface area contributed by atoms with Crippen molar-refractivity contribution in [3.63, 3.8) is 0 Å². The van der Waals surface area contributed by atoms with Gasteiger partial charge >= 0.3 is 0 Å². The number of aromatic nitrogens is 2. The Labute approximate surface area is 158 Å². The van der Waals surface area contributed by atoms with Crippen LogP contribution in [0.15, 0.2) is 59.6 Å². The van der Waals surface area contributed by atoms with Gasteiger partial charge in [-0.3, -0.25) is 5.10 Å². The molecule has 120 valence electrons. The highest BCUT2D eigenvalue weighted by molar-refractivity contribution is 7.73. The monoisotopic (exact) mass is 391 g/mol. The molecule has 0 bridgehead atoms. The second-order valence-corrected chi connectivity index (χ2v) is 7.31. The molecule has 3 rings (SSSR count). The number of benzene rings is 2. The summed E-state index contributed by atoms with van der Waals surface area (Å²) in [5.41, 5.74) is 2.66. The summed E-state index contributed by atoms with van der Waals surface area (Å²) >= 11 is 18.4. The van der Waals surface area contributed by atoms with E-state index >= 15 is 0 Å². The summed E-state index contributed by atoms with van der Waals surface area (Å²) in [4.78, 5) is 4.58. The third-order valence-corrected chi connectivity index (χ3v) is 4.54. The molecule has 3 aromatic rings. The fraction of sp³-hybridized carbons (Fsp3) is 0. The van der Waals surface area contributed by atoms with E-state index in [0.29, 0.717) is 19.1 Å². The third-order valence-electron chi connectivity index (χ3n) is 3.07. The van der Waals surface area contributed by atoms with E-state index < -0.39 is 0 Å². The first-order chi connectivity index (χ1) is 11.6. The van der Waals surface area contributed by atoms with Crippen molar-refractivity contribution in [2.24, 2.45) is 4.99 Å². The average molecular weight is 392 g/mol. The van der Waals surface area contributed by atoms with Crippen LogP contribution in [0.1, 0.15) is 11.1 Å². The number of hydrogen-bond donors (Lipinski definition) is 1. The number of nitrogens with one attached hydrogen (secondary N) is 1. The van der Waals surface area contributed by atoms with Gasteiger partial charge in [0.1, 0.15) is 0 Å². The Balaban J connectivity index is 2.00. The summed E-state index contributed by atoms with van der Waals surface area (Å²) in [5, 5.41) is 8.73. The van der Waals surface area contributed by atoms with Gasteiger partial charge in [-0.25, -0.2) is 4.99 Å². The summed E-state index contributed by atoms with van der Waals surface area (Å²) in [7, 11) is 0. The van der Waals surface area contributed by atoms with E-state index in [0.717, 1.165) is 16.8 Å². The van der Waals surface area contributed by atoms with Crippen LogP contribution in [0.4, 0.5) is 5.13 Å². The first kappa shape index (κ1) is 17.0. The van der Waals surface area contributed by atoms with Crippen LogP contribution in [0.3, 0.4) is 0 Å². The van der Waals surface area contributed by atoms with Gasteiger partial charge in [-0.15, -0.1) is 5.10 Å². The molecule has 24 heavy (non-hydrogen) atoms. The van der Waals surface area contributed by atoms with E-state index in [1.165, 1.54) is 11.3 Å². The normalized spacial score (nSPS) is 12.0. The van der Waals surface area contributed by atoms with Crippen LogP contribution >= 0.6 is 46.8 Å². The summed E-state index contributed by atoms with van der Waals surface area (Å²) in [6.45, 7) is 0. The topological polar surface area (TPSA) is 41.0 Å². The Morgan fingerprint density at radius 3 is 2.58 bits per heavy atom. The molecule has 0 atom stereocenters. The lowest BCUT2D eigenvalue weighted by Gasteiger charge is -2.02. The molecule has 0 spiro atoms. The van der Waals surface area contributed by atoms with Gasteiger partial charge in [0.05, 0.1) is 5.71 Å². The molecule has 0 radical (unpaired) electrons. The van der Waals surface area contributed by atoms with E-state index in [4.69, 9.17) is 35.4 Å². The molecular formula is C17H11Cl2N3S2. The number of hydrogen-bond acceptors (Lipinski definition) is 4. The van der Waals surface area contributed by atoms with Crippen molar-refractivity contribution in [1.82, 2.24) is 10.2 Å². The summed E-state index contributed by atoms with van der Waals surface area (Å²) < 4.78 is 0.584. The molecule has 0 unspecified atom stereocenters. The highest BCUT2D eigenvalue weighted by Crippen LogP contribution is 2.20. The highest BCUT2D eigenvalue weighted by Gasteiger charge is 2.04. The van der Waals surface area contributed by atoms with Gasteiger partial charge in [0, 0.05) is 15.6 Å². The zero-order valence-corrected chi connectivity index (χ0v) is 15.4. The number of nitrogens with zero attached hydrogens (tertiary/aromatic N) is 2. The van der Waals surface area contributed by atoms with Crippen molar-refractivity contribution in [3.8, 4) is 0 Å². The van der Waals surface area contributed by atoms with Gasteiger partial charge < -0.3 is 0 Å². The molecule has 3 nitrogen and oxygen atoms in total. The fourth-order valence-electron chi connectivity index (χ4n) is 1.97. The Kier molecular flexibility index (Phi) is 5.58. The summed E-state index contributed by atoms with van der Waals surface area (Å²) in [6, 6.07) is 15.1. The zero-order valence-electron chi connectivity index (χ0n) is 12.2. The van der Waals surface area contributed by atoms with Crippen LogP contribution in [0.5, 0.6) is 0 Å². The van der Waals surface area contributed by atoms with Crippen LogP contribution < -0.4 is 0 Å². The Bertz CT molecular complexity index is 956. The van der Waals surface area contributed by atoms with Crippen LogP contribution in [0.25, 0.3) is 6.08 Å². The molecule has 0 amide bonds. The van der Waals surface area contributed by atoms with Gasteiger partial charge in [0.2, 0.25) is 5.13 Å². The summed E-state index contributed by atoms with van der Waals surface area (Å²) in [5.74, 6) is 0. The molecule has 1 aromatic heterocycles. The number of aliphatic imine (C=N–C) groups is 1. The van der Waals surface area contributed by atoms with Crippen molar-refractivity contribution >= 4 is 63.7 Å². The Morgan fingerprint density at radius 2 is 1.92 bits per heavy atom. The Morgan fingerprint density at radius 1 is 1.12 bits per heavy atom. The second kappa shape index (κ2) is 7.85. The quantitative estimate of drug-likeness (QED) is 0.416. The molecule has 1 heterocycles. The predicted molar refractivity (Wildman–Crippen MR) is 105 cm³/mol. The smallest absolute Gasteiger partial charge is 0.230 e. The minimum Gasteiger partial charge on any atom is -0.256 e. The van der Waals surface area contributed by atoms with Crippen molar-refractivity contribution in [3.05, 3.63) is 79.7 Å². The lowest BCUT2D eigenvalue weighted by atomic mass is 10.1. The molecule has 0 aliphatic rings. The molecular weight excluding hydrogens is 381 g/mol.